The minimum absolute atomic E-state index is 0.0591. The Bertz CT molecular complexity index is 4430. The molecule has 3 amide bonds. The second-order valence-corrected chi connectivity index (χ2v) is 75.6. The summed E-state index contributed by atoms with van der Waals surface area (Å²) >= 11 is 12.4. The van der Waals surface area contributed by atoms with Crippen LogP contribution in [0.1, 0.15) is 88.5 Å². The fourth-order valence-electron chi connectivity index (χ4n) is 13.3. The Kier molecular flexibility index (Phi) is 45.8. The molecule has 684 valence electrons. The van der Waals surface area contributed by atoms with Crippen molar-refractivity contribution in [3.05, 3.63) is 209 Å². The van der Waals surface area contributed by atoms with Crippen LogP contribution < -0.4 is 25.9 Å². The summed E-state index contributed by atoms with van der Waals surface area (Å²) in [5.41, 5.74) is 1.05. The number of amides is 3. The van der Waals surface area contributed by atoms with Gasteiger partial charge in [0.15, 0.2) is 29.4 Å². The van der Waals surface area contributed by atoms with Crippen molar-refractivity contribution in [2.75, 3.05) is 46.0 Å². The first-order valence-electron chi connectivity index (χ1n) is 43.0. The normalized spacial score (nSPS) is 16.4. The van der Waals surface area contributed by atoms with Gasteiger partial charge in [-0.1, -0.05) is 361 Å². The summed E-state index contributed by atoms with van der Waals surface area (Å²) in [6, 6.07) is 59.5. The lowest BCUT2D eigenvalue weighted by atomic mass is 10.3. The number of ketones is 1. The zero-order valence-corrected chi connectivity index (χ0v) is 92.3. The summed E-state index contributed by atoms with van der Waals surface area (Å²) in [5.74, 6) is 8.44. The van der Waals surface area contributed by atoms with Crippen LogP contribution in [0.4, 0.5) is 0 Å². The minimum atomic E-state index is -2.70. The van der Waals surface area contributed by atoms with Gasteiger partial charge in [-0.2, -0.15) is 15.0 Å². The molecule has 0 saturated carbocycles. The number of benzene rings is 5. The van der Waals surface area contributed by atoms with E-state index in [1.165, 1.54) is 98.6 Å². The molecule has 0 unspecified atom stereocenters. The molecule has 0 fully saturated rings. The quantitative estimate of drug-likeness (QED) is 0.0391. The Morgan fingerprint density at radius 1 is 0.317 bits per heavy atom. The second-order valence-electron chi connectivity index (χ2n) is 34.0. The molecule has 0 aliphatic carbocycles. The van der Waals surface area contributed by atoms with Crippen molar-refractivity contribution in [3.8, 4) is 0 Å². The Morgan fingerprint density at radius 3 is 0.865 bits per heavy atom. The molecule has 8 aliphatic rings. The molecule has 8 aliphatic heterocycles. The van der Waals surface area contributed by atoms with E-state index in [-0.39, 0.29) is 23.5 Å². The van der Waals surface area contributed by atoms with Crippen molar-refractivity contribution in [1.29, 1.82) is 0 Å². The monoisotopic (exact) mass is 2000 g/mol. The third kappa shape index (κ3) is 37.0. The standard InChI is InChI=1S/C22H19NOSSi.C17H17NOSSi.C13H24O2SSi.C10H19NO2SSi.C9H17NO2SSi.2C7H13NOSSi.C6H11NO2SSi/c1-18-23-22(17-25-18)24-26(19-11-5-2-6-12-19,20-13-7-3-8-14-20)21-15-9-4-10-16-21;1-14-18-17(13-20-14)19-21(2,15-9-5-3-6-10-15)16-11-7-4-8-12-16;1-4-7-17(8-5-2,9-6-3)15-13-10-12(14)11-16-13;1-7(2)15(5,8(3)4)13-10-11-9(12)6-14-10;1-4-14(5-2,6-3)12-9-10-8(11)7-13-9;2*1-6-8-7(5-10-6)9-11(2,3)4;1-11(2,3)9-6-7-5(8)4-10-6/h2-16H,1,17H2;3-12H,1,13H2,2H3;10H,4-9,11H2,1-3H3;7-8H,6H2,1-5H3;4-7H2,1-3H3;2*1,5H2,2-4H3;4H2,1-3H3. The first kappa shape index (κ1) is 109. The van der Waals surface area contributed by atoms with Gasteiger partial charge in [-0.05, 0) is 145 Å². The molecule has 0 bridgehead atoms. The average molecular weight is 2000 g/mol. The van der Waals surface area contributed by atoms with E-state index >= 15 is 0 Å². The number of nitrogens with zero attached hydrogens (tertiary/aromatic N) is 7. The number of rotatable bonds is 25. The molecule has 0 atom stereocenters. The van der Waals surface area contributed by atoms with E-state index in [0.29, 0.717) is 49.8 Å². The molecule has 0 spiro atoms. The SMILES string of the molecule is C=C1N=C(O[Si](C)(C)C)CS1.C=C1N=C(O[Si](C)(C)C)CS1.C=C1N=C(O[Si](C)(c2ccccc2)c2ccccc2)CS1.C=C1N=C(O[Si](c2ccccc2)(c2ccccc2)c2ccccc2)CS1.CC(C)[Si](C)(OC1=NC(=O)CS1)C(C)C.CCC[Si](CCC)(CCC)OC1=CC(=O)CS1.CC[Si](CC)(CC)OC1=NC(=O)CS1.C[Si](C)(C)OC1=NC(=O)CS1. The van der Waals surface area contributed by atoms with Crippen LogP contribution in [0, 0.1) is 0 Å². The molecule has 35 heteroatoms. The van der Waals surface area contributed by atoms with Gasteiger partial charge in [0, 0.05) is 6.08 Å². The fraction of sp³-hybridized carbons (Fsp3) is 0.440. The van der Waals surface area contributed by atoms with Gasteiger partial charge in [-0.15, -0.1) is 0 Å². The predicted molar refractivity (Wildman–Crippen MR) is 573 cm³/mol. The zero-order chi connectivity index (χ0) is 92.9. The summed E-state index contributed by atoms with van der Waals surface area (Å²) in [5, 5.41) is 12.2. The molecule has 0 aromatic heterocycles. The number of hydrogen-bond acceptors (Lipinski definition) is 24. The molecule has 0 saturated heterocycles. The van der Waals surface area contributed by atoms with Crippen LogP contribution in [0.5, 0.6) is 0 Å². The highest BCUT2D eigenvalue weighted by Gasteiger charge is 2.46. The summed E-state index contributed by atoms with van der Waals surface area (Å²) in [6.07, 6.45) is 5.28. The van der Waals surface area contributed by atoms with Gasteiger partial charge in [0.1, 0.15) is 5.09 Å². The number of carbonyl (C=O) groups excluding carboxylic acids is 4. The van der Waals surface area contributed by atoms with Crippen LogP contribution in [0.3, 0.4) is 0 Å². The van der Waals surface area contributed by atoms with Crippen molar-refractivity contribution in [1.82, 2.24) is 0 Å². The van der Waals surface area contributed by atoms with Crippen LogP contribution in [0.25, 0.3) is 0 Å². The Balaban J connectivity index is 0.000000227. The Hall–Kier alpha value is -5.89. The van der Waals surface area contributed by atoms with E-state index in [1.54, 1.807) is 64.9 Å². The maximum Gasteiger partial charge on any atom is 0.348 e. The molecule has 0 N–H and O–H groups in total. The number of allylic oxidation sites excluding steroid dienone is 1. The topological polar surface area (TPSA) is 229 Å². The minimum Gasteiger partial charge on any atom is -0.539 e. The maximum atomic E-state index is 11.3. The van der Waals surface area contributed by atoms with E-state index in [9.17, 15) is 19.2 Å². The van der Waals surface area contributed by atoms with Crippen LogP contribution in [0.15, 0.2) is 244 Å². The zero-order valence-electron chi connectivity index (χ0n) is 77.8. The molecule has 13 rings (SSSR count). The molecule has 19 nitrogen and oxygen atoms in total. The molecule has 126 heavy (non-hydrogen) atoms. The number of aliphatic imine (C=N–C) groups is 7. The summed E-state index contributed by atoms with van der Waals surface area (Å²) in [7, 11) is -14.5. The van der Waals surface area contributed by atoms with Crippen LogP contribution in [-0.4, -0.2) is 175 Å². The number of thioether (sulfide) groups is 8. The molecule has 5 aromatic rings. The van der Waals surface area contributed by atoms with E-state index in [1.807, 2.05) is 30.3 Å². The van der Waals surface area contributed by atoms with Crippen LogP contribution in [-0.2, 0) is 54.6 Å². The summed E-state index contributed by atoms with van der Waals surface area (Å²) < 4.78 is 48.4. The van der Waals surface area contributed by atoms with Gasteiger partial charge in [0.2, 0.25) is 40.6 Å². The lowest BCUT2D eigenvalue weighted by Crippen LogP contribution is -2.70. The Morgan fingerprint density at radius 2 is 0.611 bits per heavy atom. The van der Waals surface area contributed by atoms with Gasteiger partial charge in [0.05, 0.1) is 66.1 Å². The molecule has 5 aromatic carbocycles. The molecular weight excluding hydrogens is 1860 g/mol. The fourth-order valence-corrected chi connectivity index (χ4v) is 39.0. The number of hydrogen-bond donors (Lipinski definition) is 0. The van der Waals surface area contributed by atoms with Crippen molar-refractivity contribution in [3.63, 3.8) is 0 Å². The lowest BCUT2D eigenvalue weighted by molar-refractivity contribution is -0.116. The third-order valence-electron chi connectivity index (χ3n) is 20.0. The van der Waals surface area contributed by atoms with Crippen molar-refractivity contribution in [2.45, 2.75) is 208 Å². The maximum absolute atomic E-state index is 11.3. The highest BCUT2D eigenvalue weighted by molar-refractivity contribution is 8.15. The van der Waals surface area contributed by atoms with E-state index in [0.717, 1.165) is 89.9 Å². The molecular formula is C91H133N7O12S8Si8. The Labute approximate surface area is 794 Å². The van der Waals surface area contributed by atoms with Crippen molar-refractivity contribution < 1.29 is 54.6 Å². The smallest absolute Gasteiger partial charge is 0.348 e. The predicted octanol–water partition coefficient (Wildman–Crippen LogP) is 22.7. The second kappa shape index (κ2) is 53.0. The average Bonchev–Trinajstić information content (AvgIpc) is 0.853. The molecule has 0 radical (unpaired) electrons. The van der Waals surface area contributed by atoms with Crippen molar-refractivity contribution in [2.24, 2.45) is 34.9 Å². The summed E-state index contributed by atoms with van der Waals surface area (Å²) in [6.45, 7) is 60.9. The third-order valence-corrected chi connectivity index (χ3v) is 51.8. The first-order chi connectivity index (χ1) is 59.6. The van der Waals surface area contributed by atoms with Crippen LogP contribution >= 0.6 is 94.1 Å². The van der Waals surface area contributed by atoms with E-state index in [2.05, 4.69) is 324 Å². The van der Waals surface area contributed by atoms with E-state index in [4.69, 9.17) is 35.4 Å². The van der Waals surface area contributed by atoms with Crippen LogP contribution in [0.2, 0.25) is 119 Å². The highest BCUT2D eigenvalue weighted by Crippen LogP contribution is 2.38. The van der Waals surface area contributed by atoms with Gasteiger partial charge >= 0.3 is 16.6 Å². The van der Waals surface area contributed by atoms with Crippen molar-refractivity contribution >= 4 is 249 Å². The summed E-state index contributed by atoms with van der Waals surface area (Å²) in [4.78, 5) is 72.7. The molecule has 8 heterocycles. The van der Waals surface area contributed by atoms with Gasteiger partial charge in [-0.3, -0.25) is 19.2 Å². The first-order valence-corrected chi connectivity index (χ1v) is 73.1. The number of carbonyl (C=O) groups is 4. The van der Waals surface area contributed by atoms with Gasteiger partial charge < -0.3 is 35.4 Å². The van der Waals surface area contributed by atoms with Gasteiger partial charge in [0.25, 0.3) is 42.7 Å². The highest BCUT2D eigenvalue weighted by atomic mass is 32.2. The lowest BCUT2D eigenvalue weighted by Gasteiger charge is -2.34. The van der Waals surface area contributed by atoms with Gasteiger partial charge in [-0.25, -0.2) is 20.0 Å². The largest absolute Gasteiger partial charge is 0.539 e. The van der Waals surface area contributed by atoms with E-state index < -0.39 is 66.5 Å².